The van der Waals surface area contributed by atoms with E-state index in [1.807, 2.05) is 0 Å². The van der Waals surface area contributed by atoms with E-state index in [0.29, 0.717) is 12.8 Å². The van der Waals surface area contributed by atoms with Crippen molar-refractivity contribution < 1.29 is 34.1 Å². The van der Waals surface area contributed by atoms with Gasteiger partial charge in [0.25, 0.3) is 0 Å². The van der Waals surface area contributed by atoms with Crippen molar-refractivity contribution >= 4 is 23.8 Å². The van der Waals surface area contributed by atoms with Crippen LogP contribution < -0.4 is 10.6 Å². The highest BCUT2D eigenvalue weighted by atomic mass is 16.5. The Bertz CT molecular complexity index is 874. The molecule has 2 atom stereocenters. The van der Waals surface area contributed by atoms with E-state index in [1.165, 1.54) is 77.0 Å². The normalized spacial score (nSPS) is 12.7. The minimum Gasteiger partial charge on any atom is -0.480 e. The molecular weight excluding hydrogens is 608 g/mol. The zero-order chi connectivity index (χ0) is 35.5. The molecule has 2 amide bonds. The first-order valence-corrected chi connectivity index (χ1v) is 19.2. The lowest BCUT2D eigenvalue weighted by atomic mass is 10.1. The van der Waals surface area contributed by atoms with Crippen molar-refractivity contribution in [2.24, 2.45) is 0 Å². The van der Waals surface area contributed by atoms with Gasteiger partial charge < -0.3 is 25.6 Å². The van der Waals surface area contributed by atoms with E-state index in [1.54, 1.807) is 0 Å². The van der Waals surface area contributed by atoms with E-state index in [9.17, 15) is 19.2 Å². The first-order valence-electron chi connectivity index (χ1n) is 19.2. The maximum absolute atomic E-state index is 12.6. The van der Waals surface area contributed by atoms with Gasteiger partial charge in [0, 0.05) is 12.8 Å². The fourth-order valence-corrected chi connectivity index (χ4v) is 5.38. The highest BCUT2D eigenvalue weighted by Gasteiger charge is 2.18. The van der Waals surface area contributed by atoms with Crippen molar-refractivity contribution in [1.29, 1.82) is 0 Å². The van der Waals surface area contributed by atoms with Crippen LogP contribution in [0.15, 0.2) is 24.3 Å². The van der Waals surface area contributed by atoms with Crippen LogP contribution >= 0.6 is 0 Å². The second-order valence-corrected chi connectivity index (χ2v) is 13.0. The first-order chi connectivity index (χ1) is 23.3. The number of carboxylic acid groups (broad SMARTS) is 1. The zero-order valence-electron chi connectivity index (χ0n) is 30.5. The molecule has 0 saturated carbocycles. The van der Waals surface area contributed by atoms with Gasteiger partial charge in [-0.05, 0) is 70.3 Å². The lowest BCUT2D eigenvalue weighted by Gasteiger charge is -2.15. The van der Waals surface area contributed by atoms with Gasteiger partial charge in [0.1, 0.15) is 12.1 Å². The van der Waals surface area contributed by atoms with Crippen LogP contribution in [-0.4, -0.2) is 59.3 Å². The van der Waals surface area contributed by atoms with Crippen LogP contribution in [0.1, 0.15) is 174 Å². The molecule has 0 fully saturated rings. The van der Waals surface area contributed by atoms with Crippen molar-refractivity contribution in [3.05, 3.63) is 24.3 Å². The second-order valence-electron chi connectivity index (χ2n) is 13.0. The summed E-state index contributed by atoms with van der Waals surface area (Å²) in [6.07, 6.45) is 35.1. The first kappa shape index (κ1) is 45.3. The minimum absolute atomic E-state index is 0.121. The molecule has 48 heavy (non-hydrogen) atoms. The monoisotopic (exact) mass is 679 g/mol. The number of aliphatic hydroxyl groups excluding tert-OH is 1. The van der Waals surface area contributed by atoms with Gasteiger partial charge in [0.05, 0.1) is 13.2 Å². The summed E-state index contributed by atoms with van der Waals surface area (Å²) in [6, 6.07) is -1.39. The van der Waals surface area contributed by atoms with Crippen LogP contribution in [0, 0.1) is 0 Å². The van der Waals surface area contributed by atoms with E-state index in [2.05, 4.69) is 48.8 Å². The Morgan fingerprint density at radius 2 is 1.12 bits per heavy atom. The maximum Gasteiger partial charge on any atom is 0.328 e. The molecule has 0 aliphatic heterocycles. The lowest BCUT2D eigenvalue weighted by Crippen LogP contribution is -2.47. The van der Waals surface area contributed by atoms with Gasteiger partial charge in [-0.3, -0.25) is 14.4 Å². The third-order valence-electron chi connectivity index (χ3n) is 8.41. The summed E-state index contributed by atoms with van der Waals surface area (Å²) in [5.41, 5.74) is 0. The molecule has 0 aromatic carbocycles. The van der Waals surface area contributed by atoms with Gasteiger partial charge in [0.15, 0.2) is 0 Å². The van der Waals surface area contributed by atoms with Gasteiger partial charge in [0.2, 0.25) is 11.8 Å². The van der Waals surface area contributed by atoms with Gasteiger partial charge in [-0.2, -0.15) is 0 Å². The quantitative estimate of drug-likeness (QED) is 0.0304. The molecule has 0 rings (SSSR count). The summed E-state index contributed by atoms with van der Waals surface area (Å²) in [5, 5.41) is 22.5. The Kier molecular flexibility index (Phi) is 32.3. The van der Waals surface area contributed by atoms with Gasteiger partial charge in [-0.1, -0.05) is 116 Å². The van der Waals surface area contributed by atoms with Gasteiger partial charge in [-0.25, -0.2) is 4.79 Å². The number of carbonyl (C=O) groups excluding carboxylic acids is 3. The van der Waals surface area contributed by atoms with E-state index >= 15 is 0 Å². The molecule has 2 unspecified atom stereocenters. The smallest absolute Gasteiger partial charge is 0.328 e. The number of allylic oxidation sites excluding steroid dienone is 3. The van der Waals surface area contributed by atoms with Gasteiger partial charge in [-0.15, -0.1) is 0 Å². The summed E-state index contributed by atoms with van der Waals surface area (Å²) in [4.78, 5) is 47.3. The standard InChI is InChI=1S/C39H70N2O7/c1-3-5-7-9-11-12-13-14-15-16-17-19-21-27-31-38(45)48-34(28-24-20-18-10-8-6-4-2)29-25-22-23-26-30-36(43)40-32-37(44)41-35(33-42)39(46)47/h13-14,24,28,34-35,42H,3-12,15-23,25-27,29-33H2,1-2H3,(H,40,43)(H,41,44)(H,46,47)/b14-13-,28-24-. The molecule has 0 saturated heterocycles. The molecule has 0 aliphatic rings. The number of aliphatic carboxylic acids is 1. The summed E-state index contributed by atoms with van der Waals surface area (Å²) in [5.74, 6) is -2.41. The SMILES string of the molecule is CCCCCCC/C=C\CCCCCCCC(=O)OC(/C=C\CCCCCCC)CCCCCCC(=O)NCC(=O)NC(CO)C(=O)O. The molecule has 0 aliphatic carbocycles. The average molecular weight is 679 g/mol. The lowest BCUT2D eigenvalue weighted by molar-refractivity contribution is -0.147. The number of esters is 1. The number of hydrogen-bond acceptors (Lipinski definition) is 6. The third kappa shape index (κ3) is 30.6. The van der Waals surface area contributed by atoms with Crippen molar-refractivity contribution in [2.75, 3.05) is 13.2 Å². The fraction of sp³-hybridized carbons (Fsp3) is 0.795. The second kappa shape index (κ2) is 34.2. The molecule has 4 N–H and O–H groups in total. The minimum atomic E-state index is -1.39. The highest BCUT2D eigenvalue weighted by molar-refractivity contribution is 5.87. The third-order valence-corrected chi connectivity index (χ3v) is 8.41. The molecule has 0 aromatic rings. The zero-order valence-corrected chi connectivity index (χ0v) is 30.5. The van der Waals surface area contributed by atoms with Crippen LogP contribution in [-0.2, 0) is 23.9 Å². The molecule has 278 valence electrons. The number of carbonyl (C=O) groups is 4. The molecule has 0 spiro atoms. The topological polar surface area (TPSA) is 142 Å². The molecule has 0 heterocycles. The molecule has 0 radical (unpaired) electrons. The van der Waals surface area contributed by atoms with Crippen LogP contribution in [0.2, 0.25) is 0 Å². The summed E-state index contributed by atoms with van der Waals surface area (Å²) >= 11 is 0. The Hall–Kier alpha value is -2.68. The number of aliphatic hydroxyl groups is 1. The molecule has 0 aromatic heterocycles. The van der Waals surface area contributed by atoms with E-state index in [0.717, 1.165) is 64.2 Å². The van der Waals surface area contributed by atoms with Crippen molar-refractivity contribution in [1.82, 2.24) is 10.6 Å². The predicted octanol–water partition coefficient (Wildman–Crippen LogP) is 8.48. The van der Waals surface area contributed by atoms with Crippen LogP contribution in [0.5, 0.6) is 0 Å². The average Bonchev–Trinajstić information content (AvgIpc) is 3.07. The van der Waals surface area contributed by atoms with Crippen LogP contribution in [0.25, 0.3) is 0 Å². The number of hydrogen-bond donors (Lipinski definition) is 4. The summed E-state index contributed by atoms with van der Waals surface area (Å²) in [6.45, 7) is 3.41. The van der Waals surface area contributed by atoms with E-state index in [4.69, 9.17) is 14.9 Å². The van der Waals surface area contributed by atoms with E-state index in [-0.39, 0.29) is 30.9 Å². The number of nitrogens with one attached hydrogen (secondary N) is 2. The molecule has 9 nitrogen and oxygen atoms in total. The molecular formula is C39H70N2O7. The highest BCUT2D eigenvalue weighted by Crippen LogP contribution is 2.15. The number of carboxylic acids is 1. The number of amides is 2. The van der Waals surface area contributed by atoms with Crippen LogP contribution in [0.3, 0.4) is 0 Å². The Morgan fingerprint density at radius 3 is 1.69 bits per heavy atom. The van der Waals surface area contributed by atoms with Gasteiger partial charge >= 0.3 is 11.9 Å². The fourth-order valence-electron chi connectivity index (χ4n) is 5.38. The maximum atomic E-state index is 12.6. The Morgan fingerprint density at radius 1 is 0.625 bits per heavy atom. The number of unbranched alkanes of at least 4 members (excludes halogenated alkanes) is 18. The number of ether oxygens (including phenoxy) is 1. The van der Waals surface area contributed by atoms with Crippen molar-refractivity contribution in [2.45, 2.75) is 187 Å². The van der Waals surface area contributed by atoms with Crippen molar-refractivity contribution in [3.63, 3.8) is 0 Å². The summed E-state index contributed by atoms with van der Waals surface area (Å²) in [7, 11) is 0. The molecule has 0 bridgehead atoms. The largest absolute Gasteiger partial charge is 0.480 e. The predicted molar refractivity (Wildman–Crippen MR) is 195 cm³/mol. The van der Waals surface area contributed by atoms with Crippen molar-refractivity contribution in [3.8, 4) is 0 Å². The summed E-state index contributed by atoms with van der Waals surface area (Å²) < 4.78 is 5.87. The molecule has 9 heteroatoms. The van der Waals surface area contributed by atoms with Crippen LogP contribution in [0.4, 0.5) is 0 Å². The van der Waals surface area contributed by atoms with E-state index < -0.39 is 24.5 Å². The number of rotatable bonds is 34. The Balaban J connectivity index is 4.27. The Labute approximate surface area is 292 Å².